The van der Waals surface area contributed by atoms with E-state index in [1.807, 2.05) is 60.7 Å². The highest BCUT2D eigenvalue weighted by molar-refractivity contribution is 6.84. The van der Waals surface area contributed by atoms with Crippen LogP contribution in [-0.2, 0) is 49.9 Å². The minimum atomic E-state index is -3.00. The maximum atomic E-state index is 13.5. The Bertz CT molecular complexity index is 1330. The second-order valence-electron chi connectivity index (χ2n) is 14.9. The summed E-state index contributed by atoms with van der Waals surface area (Å²) in [6.07, 6.45) is -4.70. The third-order valence-corrected chi connectivity index (χ3v) is 20.4. The number of amides is 1. The summed E-state index contributed by atoms with van der Waals surface area (Å²) in [5.41, 5.74) is 2.13. The van der Waals surface area contributed by atoms with Crippen molar-refractivity contribution in [3.05, 3.63) is 71.8 Å². The number of benzene rings is 2. The van der Waals surface area contributed by atoms with Crippen LogP contribution in [0.3, 0.4) is 0 Å². The summed E-state index contributed by atoms with van der Waals surface area (Å²) in [4.78, 5) is 28.2. The summed E-state index contributed by atoms with van der Waals surface area (Å²) in [6, 6.07) is 17.7. The fourth-order valence-corrected chi connectivity index (χ4v) is 18.6. The summed E-state index contributed by atoms with van der Waals surface area (Å²) in [5, 5.41) is 11.7. The molecule has 0 unspecified atom stereocenters. The maximum absolute atomic E-state index is 13.5. The van der Waals surface area contributed by atoms with Crippen molar-refractivity contribution in [2.45, 2.75) is 134 Å². The molecule has 50 heavy (non-hydrogen) atoms. The average molecular weight is 730 g/mol. The molecule has 3 saturated heterocycles. The molecule has 5 rings (SSSR count). The molecule has 0 bridgehead atoms. The molecular weight excluding hydrogens is 675 g/mol. The Morgan fingerprint density at radius 1 is 0.820 bits per heavy atom. The van der Waals surface area contributed by atoms with E-state index < -0.39 is 65.9 Å². The van der Waals surface area contributed by atoms with Crippen molar-refractivity contribution >= 4 is 29.2 Å². The van der Waals surface area contributed by atoms with E-state index in [-0.39, 0.29) is 55.0 Å². The lowest BCUT2D eigenvalue weighted by Crippen LogP contribution is -2.65. The zero-order chi connectivity index (χ0) is 36.2. The summed E-state index contributed by atoms with van der Waals surface area (Å²) >= 11 is 0. The van der Waals surface area contributed by atoms with Gasteiger partial charge in [-0.15, -0.1) is 0 Å². The van der Waals surface area contributed by atoms with Crippen molar-refractivity contribution in [1.82, 2.24) is 4.90 Å². The Morgan fingerprint density at radius 2 is 1.36 bits per heavy atom. The molecule has 3 aliphatic rings. The van der Waals surface area contributed by atoms with Crippen molar-refractivity contribution in [2.24, 2.45) is 0 Å². The largest absolute Gasteiger partial charge is 0.459 e. The van der Waals surface area contributed by atoms with Crippen molar-refractivity contribution in [3.63, 3.8) is 0 Å². The van der Waals surface area contributed by atoms with E-state index in [0.29, 0.717) is 0 Å². The zero-order valence-electron chi connectivity index (χ0n) is 30.7. The number of aliphatic hydroxyl groups excluding tert-OH is 1. The van der Waals surface area contributed by atoms with Gasteiger partial charge in [0.15, 0.2) is 6.29 Å². The molecule has 0 spiro atoms. The first-order valence-electron chi connectivity index (χ1n) is 18.0. The molecule has 0 aliphatic carbocycles. The number of nitrogens with zero attached hydrogens (tertiary/aromatic N) is 1. The third-order valence-electron chi connectivity index (χ3n) is 10.1. The van der Waals surface area contributed by atoms with Gasteiger partial charge in [0, 0.05) is 6.42 Å². The molecule has 6 atom stereocenters. The Labute approximate surface area is 299 Å². The zero-order valence-corrected chi connectivity index (χ0v) is 32.7. The fraction of sp³-hybridized carbons (Fsp3) is 0.622. The van der Waals surface area contributed by atoms with Crippen LogP contribution in [0.15, 0.2) is 60.7 Å². The number of carbonyl (C=O) groups is 2. The van der Waals surface area contributed by atoms with Gasteiger partial charge in [-0.05, 0) is 33.3 Å². The lowest BCUT2D eigenvalue weighted by atomic mass is 10.1. The summed E-state index contributed by atoms with van der Waals surface area (Å²) in [7, 11) is -5.80. The third kappa shape index (κ3) is 8.20. The van der Waals surface area contributed by atoms with E-state index in [0.717, 1.165) is 11.1 Å². The molecule has 1 amide bonds. The molecule has 13 heteroatoms. The van der Waals surface area contributed by atoms with Crippen molar-refractivity contribution < 1.29 is 46.6 Å². The van der Waals surface area contributed by atoms with Gasteiger partial charge in [-0.1, -0.05) is 116 Å². The number of aliphatic hydroxyl groups is 1. The van der Waals surface area contributed by atoms with Crippen molar-refractivity contribution in [2.75, 3.05) is 13.2 Å². The molecule has 2 aromatic carbocycles. The molecule has 0 radical (unpaired) electrons. The first kappa shape index (κ1) is 38.6. The highest BCUT2D eigenvalue weighted by atomic mass is 28.5. The van der Waals surface area contributed by atoms with Gasteiger partial charge in [-0.3, -0.25) is 4.90 Å². The number of rotatable bonds is 11. The average Bonchev–Trinajstić information content (AvgIpc) is 3.63. The van der Waals surface area contributed by atoms with Crippen LogP contribution in [0.25, 0.3) is 0 Å². The number of hydrogen-bond donors (Lipinski definition) is 1. The number of esters is 1. The SMILES string of the molecule is CC(C)[Si]1(C(C)C)OC[C@@H]2O[C@H](O[C@@H]3C[C@@H](C(=O)OCc4ccccc4)N(C(=O)OCc4ccccc4)C3)[C@H](O)[C@H]2O[Si](C(C)C)(C(C)C)O1. The first-order valence-corrected chi connectivity index (χ1v) is 21.9. The van der Waals surface area contributed by atoms with Crippen LogP contribution >= 0.6 is 0 Å². The van der Waals surface area contributed by atoms with Crippen LogP contribution in [0.4, 0.5) is 4.79 Å². The predicted molar refractivity (Wildman–Crippen MR) is 191 cm³/mol. The van der Waals surface area contributed by atoms with Gasteiger partial charge in [-0.2, -0.15) is 0 Å². The molecule has 3 aliphatic heterocycles. The Morgan fingerprint density at radius 3 is 1.90 bits per heavy atom. The summed E-state index contributed by atoms with van der Waals surface area (Å²) in [6.45, 7) is 17.5. The minimum absolute atomic E-state index is 0.0501. The quantitative estimate of drug-likeness (QED) is 0.201. The van der Waals surface area contributed by atoms with Crippen LogP contribution < -0.4 is 0 Å². The van der Waals surface area contributed by atoms with Gasteiger partial charge in [0.25, 0.3) is 0 Å². The maximum Gasteiger partial charge on any atom is 0.410 e. The molecule has 1 N–H and O–H groups in total. The van der Waals surface area contributed by atoms with E-state index in [2.05, 4.69) is 55.4 Å². The van der Waals surface area contributed by atoms with E-state index in [9.17, 15) is 14.7 Å². The second-order valence-corrected chi connectivity index (χ2v) is 23.7. The van der Waals surface area contributed by atoms with Crippen LogP contribution in [0, 0.1) is 0 Å². The smallest absolute Gasteiger partial charge is 0.410 e. The van der Waals surface area contributed by atoms with Gasteiger partial charge in [0.1, 0.15) is 37.6 Å². The van der Waals surface area contributed by atoms with E-state index in [4.69, 9.17) is 31.9 Å². The topological polar surface area (TPSA) is 122 Å². The van der Waals surface area contributed by atoms with Gasteiger partial charge >= 0.3 is 29.2 Å². The van der Waals surface area contributed by atoms with Crippen LogP contribution in [0.2, 0.25) is 22.2 Å². The van der Waals surface area contributed by atoms with Gasteiger partial charge in [0.05, 0.1) is 19.3 Å². The van der Waals surface area contributed by atoms with Gasteiger partial charge in [-0.25, -0.2) is 9.59 Å². The van der Waals surface area contributed by atoms with Crippen molar-refractivity contribution in [1.29, 1.82) is 0 Å². The molecule has 2 aromatic rings. The van der Waals surface area contributed by atoms with Crippen LogP contribution in [0.1, 0.15) is 72.9 Å². The number of likely N-dealkylation sites (tertiary alicyclic amines) is 1. The van der Waals surface area contributed by atoms with Crippen molar-refractivity contribution in [3.8, 4) is 0 Å². The highest BCUT2D eigenvalue weighted by Crippen LogP contribution is 2.47. The van der Waals surface area contributed by atoms with Gasteiger partial charge < -0.3 is 37.0 Å². The summed E-state index contributed by atoms with van der Waals surface area (Å²) < 4.78 is 45.1. The molecule has 11 nitrogen and oxygen atoms in total. The molecule has 3 heterocycles. The fourth-order valence-electron chi connectivity index (χ4n) is 7.37. The molecule has 0 saturated carbocycles. The number of fused-ring (bicyclic) bond motifs is 1. The second kappa shape index (κ2) is 16.4. The van der Waals surface area contributed by atoms with E-state index in [1.165, 1.54) is 4.90 Å². The normalized spacial score (nSPS) is 27.7. The molecule has 276 valence electrons. The molecular formula is C37H55NO10Si2. The van der Waals surface area contributed by atoms with E-state index >= 15 is 0 Å². The summed E-state index contributed by atoms with van der Waals surface area (Å²) in [5.74, 6) is -0.562. The van der Waals surface area contributed by atoms with E-state index in [1.54, 1.807) is 0 Å². The Balaban J connectivity index is 1.34. The number of hydrogen-bond acceptors (Lipinski definition) is 10. The lowest BCUT2D eigenvalue weighted by Gasteiger charge is -2.51. The predicted octanol–water partition coefficient (Wildman–Crippen LogP) is 6.57. The Kier molecular flexibility index (Phi) is 12.6. The standard InChI is InChI=1S/C37H55NO10Si2/c1-24(2)49(25(3)4)44-23-32-34(47-50(48-49,26(5)6)27(7)8)33(39)36(46-32)45-30-19-31(35(40)42-21-28-15-11-9-12-16-28)38(20-30)37(41)43-22-29-17-13-10-14-18-29/h9-18,24-27,30-34,36,39H,19-23H2,1-8H3/t30-,31+,32+,33-,34+,36+/m1/s1. The van der Waals surface area contributed by atoms with Crippen LogP contribution in [0.5, 0.6) is 0 Å². The van der Waals surface area contributed by atoms with Crippen LogP contribution in [-0.4, -0.2) is 89.1 Å². The van der Waals surface area contributed by atoms with Gasteiger partial charge in [0.2, 0.25) is 0 Å². The molecule has 0 aromatic heterocycles. The first-order chi connectivity index (χ1) is 23.8. The minimum Gasteiger partial charge on any atom is -0.459 e. The molecule has 3 fully saturated rings. The monoisotopic (exact) mass is 729 g/mol. The highest BCUT2D eigenvalue weighted by Gasteiger charge is 2.62. The lowest BCUT2D eigenvalue weighted by molar-refractivity contribution is -0.190. The number of carbonyl (C=O) groups excluding carboxylic acids is 2. The number of ether oxygens (including phenoxy) is 4. The Hall–Kier alpha value is -2.63.